The number of rotatable bonds is 3. The van der Waals surface area contributed by atoms with E-state index in [4.69, 9.17) is 9.97 Å². The molecule has 2 aliphatic rings. The molecule has 4 heteroatoms. The van der Waals surface area contributed by atoms with Gasteiger partial charge < -0.3 is 4.90 Å². The van der Waals surface area contributed by atoms with Gasteiger partial charge in [-0.25, -0.2) is 9.97 Å². The van der Waals surface area contributed by atoms with Crippen molar-refractivity contribution in [2.24, 2.45) is 5.92 Å². The first kappa shape index (κ1) is 15.4. The molecule has 23 heavy (non-hydrogen) atoms. The second-order valence-electron chi connectivity index (χ2n) is 7.50. The predicted molar refractivity (Wildman–Crippen MR) is 98.7 cm³/mol. The number of nitrogens with zero attached hydrogens (tertiary/aromatic N) is 3. The lowest BCUT2D eigenvalue weighted by Gasteiger charge is -2.19. The van der Waals surface area contributed by atoms with Gasteiger partial charge in [-0.15, -0.1) is 11.3 Å². The fraction of sp³-hybridized carbons (Fsp3) is 0.684. The van der Waals surface area contributed by atoms with Crippen LogP contribution >= 0.6 is 11.3 Å². The monoisotopic (exact) mass is 329 g/mol. The van der Waals surface area contributed by atoms with E-state index in [0.29, 0.717) is 5.92 Å². The Kier molecular flexibility index (Phi) is 4.27. The summed E-state index contributed by atoms with van der Waals surface area (Å²) in [6.07, 6.45) is 10.1. The van der Waals surface area contributed by atoms with Crippen LogP contribution in [0.5, 0.6) is 0 Å². The third-order valence-electron chi connectivity index (χ3n) is 5.09. The number of fused-ring (bicyclic) bond motifs is 3. The minimum atomic E-state index is 0.608. The minimum absolute atomic E-state index is 0.608. The van der Waals surface area contributed by atoms with E-state index < -0.39 is 0 Å². The molecule has 1 saturated heterocycles. The Morgan fingerprint density at radius 1 is 1.00 bits per heavy atom. The fourth-order valence-corrected chi connectivity index (χ4v) is 5.25. The van der Waals surface area contributed by atoms with E-state index >= 15 is 0 Å². The summed E-state index contributed by atoms with van der Waals surface area (Å²) in [7, 11) is 0. The van der Waals surface area contributed by atoms with Crippen molar-refractivity contribution in [2.75, 3.05) is 18.0 Å². The molecule has 3 heterocycles. The van der Waals surface area contributed by atoms with Gasteiger partial charge in [-0.3, -0.25) is 0 Å². The lowest BCUT2D eigenvalue weighted by Crippen LogP contribution is -2.20. The van der Waals surface area contributed by atoms with Crippen LogP contribution in [0.4, 0.5) is 5.82 Å². The highest BCUT2D eigenvalue weighted by atomic mass is 32.1. The summed E-state index contributed by atoms with van der Waals surface area (Å²) in [4.78, 5) is 15.4. The first-order chi connectivity index (χ1) is 11.2. The zero-order valence-corrected chi connectivity index (χ0v) is 15.2. The van der Waals surface area contributed by atoms with Crippen molar-refractivity contribution in [3.8, 4) is 0 Å². The highest BCUT2D eigenvalue weighted by Crippen LogP contribution is 2.40. The Bertz CT molecular complexity index is 698. The predicted octanol–water partition coefficient (Wildman–Crippen LogP) is 4.76. The van der Waals surface area contributed by atoms with Crippen LogP contribution in [0.1, 0.15) is 62.2 Å². The number of aryl methyl sites for hydroxylation is 2. The summed E-state index contributed by atoms with van der Waals surface area (Å²) in [6, 6.07) is 0. The Labute approximate surface area is 143 Å². The molecule has 1 fully saturated rings. The molecule has 2 aromatic rings. The Morgan fingerprint density at radius 3 is 2.57 bits per heavy atom. The normalized spacial score (nSPS) is 18.7. The second-order valence-corrected chi connectivity index (χ2v) is 8.58. The van der Waals surface area contributed by atoms with Crippen LogP contribution in [0.25, 0.3) is 10.2 Å². The van der Waals surface area contributed by atoms with Crippen molar-refractivity contribution in [3.05, 3.63) is 16.3 Å². The van der Waals surface area contributed by atoms with Gasteiger partial charge in [0.25, 0.3) is 0 Å². The van der Waals surface area contributed by atoms with E-state index in [-0.39, 0.29) is 0 Å². The SMILES string of the molecule is CC(C)Cc1nc(N2CCCC2)c2c3c(sc2n1)CCCCC3. The molecule has 0 unspecified atom stereocenters. The van der Waals surface area contributed by atoms with Crippen LogP contribution in [0.2, 0.25) is 0 Å². The summed E-state index contributed by atoms with van der Waals surface area (Å²) in [5.41, 5.74) is 1.58. The molecule has 0 spiro atoms. The van der Waals surface area contributed by atoms with E-state index in [1.165, 1.54) is 61.0 Å². The molecule has 4 rings (SSSR count). The van der Waals surface area contributed by atoms with Crippen LogP contribution in [-0.4, -0.2) is 23.1 Å². The average molecular weight is 330 g/mol. The van der Waals surface area contributed by atoms with E-state index in [9.17, 15) is 0 Å². The van der Waals surface area contributed by atoms with E-state index in [2.05, 4.69) is 18.7 Å². The molecule has 0 saturated carbocycles. The molecule has 124 valence electrons. The maximum Gasteiger partial charge on any atom is 0.141 e. The van der Waals surface area contributed by atoms with Gasteiger partial charge in [-0.1, -0.05) is 20.3 Å². The van der Waals surface area contributed by atoms with Crippen LogP contribution in [0.15, 0.2) is 0 Å². The maximum absolute atomic E-state index is 5.06. The zero-order valence-electron chi connectivity index (χ0n) is 14.4. The first-order valence-corrected chi connectivity index (χ1v) is 10.1. The fourth-order valence-electron chi connectivity index (χ4n) is 3.97. The summed E-state index contributed by atoms with van der Waals surface area (Å²) in [6.45, 7) is 6.84. The first-order valence-electron chi connectivity index (χ1n) is 9.28. The van der Waals surface area contributed by atoms with E-state index in [1.807, 2.05) is 11.3 Å². The van der Waals surface area contributed by atoms with Gasteiger partial charge in [-0.05, 0) is 50.0 Å². The van der Waals surface area contributed by atoms with Gasteiger partial charge >= 0.3 is 0 Å². The molecular weight excluding hydrogens is 302 g/mol. The molecular formula is C19H27N3S. The quantitative estimate of drug-likeness (QED) is 0.760. The summed E-state index contributed by atoms with van der Waals surface area (Å²) in [5, 5.41) is 1.40. The van der Waals surface area contributed by atoms with Crippen molar-refractivity contribution in [3.63, 3.8) is 0 Å². The Hall–Kier alpha value is -1.16. The number of thiophene rings is 1. The van der Waals surface area contributed by atoms with Crippen LogP contribution in [-0.2, 0) is 19.3 Å². The summed E-state index contributed by atoms with van der Waals surface area (Å²) < 4.78 is 0. The minimum Gasteiger partial charge on any atom is -0.356 e. The van der Waals surface area contributed by atoms with Gasteiger partial charge in [0.1, 0.15) is 16.5 Å². The molecule has 1 aliphatic heterocycles. The highest BCUT2D eigenvalue weighted by molar-refractivity contribution is 7.19. The maximum atomic E-state index is 5.06. The molecule has 0 N–H and O–H groups in total. The topological polar surface area (TPSA) is 29.0 Å². The van der Waals surface area contributed by atoms with Crippen molar-refractivity contribution >= 4 is 27.4 Å². The third kappa shape index (κ3) is 2.98. The van der Waals surface area contributed by atoms with Gasteiger partial charge in [0.05, 0.1) is 5.39 Å². The number of aromatic nitrogens is 2. The van der Waals surface area contributed by atoms with Crippen LogP contribution in [0, 0.1) is 5.92 Å². The molecule has 1 aliphatic carbocycles. The van der Waals surface area contributed by atoms with E-state index in [1.54, 1.807) is 10.4 Å². The molecule has 0 bridgehead atoms. The highest BCUT2D eigenvalue weighted by Gasteiger charge is 2.24. The second kappa shape index (κ2) is 6.39. The molecule has 0 amide bonds. The average Bonchev–Trinajstić information content (AvgIpc) is 3.09. The zero-order chi connectivity index (χ0) is 15.8. The van der Waals surface area contributed by atoms with E-state index in [0.717, 1.165) is 25.3 Å². The van der Waals surface area contributed by atoms with Crippen molar-refractivity contribution in [1.82, 2.24) is 9.97 Å². The molecule has 0 aromatic carbocycles. The molecule has 0 radical (unpaired) electrons. The standard InChI is InChI=1S/C19H27N3S/c1-13(2)12-16-20-18(22-10-6-7-11-22)17-14-8-4-3-5-9-15(14)23-19(17)21-16/h13H,3-12H2,1-2H3. The van der Waals surface area contributed by atoms with Crippen LogP contribution < -0.4 is 4.90 Å². The largest absolute Gasteiger partial charge is 0.356 e. The smallest absolute Gasteiger partial charge is 0.141 e. The summed E-state index contributed by atoms with van der Waals surface area (Å²) in [5.74, 6) is 2.91. The molecule has 2 aromatic heterocycles. The van der Waals surface area contributed by atoms with Gasteiger partial charge in [0.15, 0.2) is 0 Å². The number of hydrogen-bond acceptors (Lipinski definition) is 4. The number of anilines is 1. The van der Waals surface area contributed by atoms with Crippen LogP contribution in [0.3, 0.4) is 0 Å². The number of hydrogen-bond donors (Lipinski definition) is 0. The van der Waals surface area contributed by atoms with Gasteiger partial charge in [0, 0.05) is 24.4 Å². The third-order valence-corrected chi connectivity index (χ3v) is 6.27. The van der Waals surface area contributed by atoms with Gasteiger partial charge in [-0.2, -0.15) is 0 Å². The lowest BCUT2D eigenvalue weighted by molar-refractivity contribution is 0.622. The van der Waals surface area contributed by atoms with Crippen molar-refractivity contribution < 1.29 is 0 Å². The van der Waals surface area contributed by atoms with Crippen molar-refractivity contribution in [2.45, 2.75) is 65.2 Å². The molecule has 3 nitrogen and oxygen atoms in total. The lowest BCUT2D eigenvalue weighted by atomic mass is 10.1. The molecule has 0 atom stereocenters. The Morgan fingerprint density at radius 2 is 1.78 bits per heavy atom. The summed E-state index contributed by atoms with van der Waals surface area (Å²) >= 11 is 1.95. The van der Waals surface area contributed by atoms with Gasteiger partial charge in [0.2, 0.25) is 0 Å². The van der Waals surface area contributed by atoms with Crippen molar-refractivity contribution in [1.29, 1.82) is 0 Å². The Balaban J connectivity index is 1.88.